The summed E-state index contributed by atoms with van der Waals surface area (Å²) in [5.74, 6) is -1.03. The number of amides is 1. The molecule has 3 rings (SSSR count). The van der Waals surface area contributed by atoms with Crippen LogP contribution in [0.2, 0.25) is 0 Å². The summed E-state index contributed by atoms with van der Waals surface area (Å²) in [4.78, 5) is 17.3. The summed E-state index contributed by atoms with van der Waals surface area (Å²) in [7, 11) is 0. The van der Waals surface area contributed by atoms with Crippen molar-refractivity contribution in [2.24, 2.45) is 0 Å². The molecule has 1 aliphatic rings. The Kier molecular flexibility index (Phi) is 7.33. The predicted octanol–water partition coefficient (Wildman–Crippen LogP) is 1.77. The van der Waals surface area contributed by atoms with Crippen molar-refractivity contribution < 1.29 is 18.0 Å². The van der Waals surface area contributed by atoms with Gasteiger partial charge >= 0.3 is 12.1 Å². The van der Waals surface area contributed by atoms with Crippen LogP contribution in [-0.4, -0.2) is 47.6 Å². The summed E-state index contributed by atoms with van der Waals surface area (Å²) in [5, 5.41) is 5.10. The molecule has 11 heteroatoms. The maximum absolute atomic E-state index is 12.2. The minimum Gasteiger partial charge on any atom is -0.355 e. The normalized spacial score (nSPS) is 14.6. The summed E-state index contributed by atoms with van der Waals surface area (Å²) in [6.45, 7) is 3.18. The van der Waals surface area contributed by atoms with Gasteiger partial charge < -0.3 is 15.5 Å². The second-order valence-electron chi connectivity index (χ2n) is 5.26. The van der Waals surface area contributed by atoms with Crippen LogP contribution in [-0.2, 0) is 11.3 Å². The van der Waals surface area contributed by atoms with Gasteiger partial charge in [-0.15, -0.1) is 24.8 Å². The number of hydrogen-bond donors (Lipinski definition) is 2. The van der Waals surface area contributed by atoms with Crippen molar-refractivity contribution in [3.8, 4) is 0 Å². The average molecular weight is 400 g/mol. The standard InChI is InChI=1S/C14H16F3N5O.2ClH/c15-14(16,17)13(23)19-8-10-9-22-11(20-10)2-1-3-12(22)21-6-4-18-5-7-21;;/h1-3,9,18H,4-8H2,(H,19,23);2*1H. The fourth-order valence-electron chi connectivity index (χ4n) is 2.55. The van der Waals surface area contributed by atoms with Crippen LogP contribution in [0, 0.1) is 0 Å². The Hall–Kier alpha value is -1.71. The van der Waals surface area contributed by atoms with Crippen LogP contribution in [0.4, 0.5) is 19.0 Å². The Morgan fingerprint density at radius 1 is 1.24 bits per heavy atom. The fourth-order valence-corrected chi connectivity index (χ4v) is 2.55. The third-order valence-electron chi connectivity index (χ3n) is 3.65. The lowest BCUT2D eigenvalue weighted by Crippen LogP contribution is -2.44. The Balaban J connectivity index is 0.00000156. The van der Waals surface area contributed by atoms with E-state index in [2.05, 4.69) is 15.2 Å². The topological polar surface area (TPSA) is 61.7 Å². The van der Waals surface area contributed by atoms with Crippen LogP contribution in [0.1, 0.15) is 5.69 Å². The molecule has 0 aromatic carbocycles. The van der Waals surface area contributed by atoms with Gasteiger partial charge in [0.15, 0.2) is 0 Å². The lowest BCUT2D eigenvalue weighted by molar-refractivity contribution is -0.173. The number of fused-ring (bicyclic) bond motifs is 1. The highest BCUT2D eigenvalue weighted by Crippen LogP contribution is 2.19. The first-order chi connectivity index (χ1) is 10.9. The van der Waals surface area contributed by atoms with E-state index in [9.17, 15) is 18.0 Å². The second-order valence-corrected chi connectivity index (χ2v) is 5.26. The van der Waals surface area contributed by atoms with Crippen LogP contribution in [0.15, 0.2) is 24.4 Å². The van der Waals surface area contributed by atoms with Crippen LogP contribution in [0.3, 0.4) is 0 Å². The highest BCUT2D eigenvalue weighted by atomic mass is 35.5. The number of hydrogen-bond acceptors (Lipinski definition) is 4. The number of pyridine rings is 1. The van der Waals surface area contributed by atoms with Gasteiger partial charge in [-0.2, -0.15) is 13.2 Å². The number of piperazine rings is 1. The van der Waals surface area contributed by atoms with E-state index in [0.29, 0.717) is 11.3 Å². The fraction of sp³-hybridized carbons (Fsp3) is 0.429. The number of anilines is 1. The number of aromatic nitrogens is 2. The van der Waals surface area contributed by atoms with Gasteiger partial charge in [0.25, 0.3) is 0 Å². The Morgan fingerprint density at radius 2 is 1.92 bits per heavy atom. The molecule has 3 heterocycles. The summed E-state index contributed by atoms with van der Waals surface area (Å²) in [5.41, 5.74) is 1.02. The van der Waals surface area contributed by atoms with E-state index in [1.807, 2.05) is 21.9 Å². The van der Waals surface area contributed by atoms with Crippen molar-refractivity contribution in [1.29, 1.82) is 0 Å². The summed E-state index contributed by atoms with van der Waals surface area (Å²) < 4.78 is 38.5. The molecule has 0 unspecified atom stereocenters. The summed E-state index contributed by atoms with van der Waals surface area (Å²) in [6.07, 6.45) is -3.23. The quantitative estimate of drug-likeness (QED) is 0.825. The molecule has 2 aromatic rings. The molecule has 0 radical (unpaired) electrons. The van der Waals surface area contributed by atoms with Crippen LogP contribution in [0.5, 0.6) is 0 Å². The third-order valence-corrected chi connectivity index (χ3v) is 3.65. The molecule has 1 amide bonds. The maximum atomic E-state index is 12.2. The van der Waals surface area contributed by atoms with Crippen molar-refractivity contribution in [2.75, 3.05) is 31.1 Å². The van der Waals surface area contributed by atoms with Gasteiger partial charge in [0.05, 0.1) is 12.2 Å². The van der Waals surface area contributed by atoms with E-state index >= 15 is 0 Å². The minimum atomic E-state index is -4.88. The number of carbonyl (C=O) groups is 1. The van der Waals surface area contributed by atoms with Crippen LogP contribution in [0.25, 0.3) is 5.65 Å². The lowest BCUT2D eigenvalue weighted by Gasteiger charge is -2.29. The van der Waals surface area contributed by atoms with Gasteiger partial charge in [0.2, 0.25) is 0 Å². The zero-order valence-electron chi connectivity index (χ0n) is 13.0. The molecule has 2 aromatic heterocycles. The van der Waals surface area contributed by atoms with Crippen LogP contribution < -0.4 is 15.5 Å². The first-order valence-corrected chi connectivity index (χ1v) is 7.23. The molecule has 1 fully saturated rings. The number of nitrogens with one attached hydrogen (secondary N) is 2. The van der Waals surface area contributed by atoms with Gasteiger partial charge in [-0.3, -0.25) is 9.20 Å². The van der Waals surface area contributed by atoms with Crippen molar-refractivity contribution in [3.05, 3.63) is 30.1 Å². The van der Waals surface area contributed by atoms with Gasteiger partial charge in [0.1, 0.15) is 11.5 Å². The number of imidazole rings is 1. The molecule has 0 spiro atoms. The SMILES string of the molecule is Cl.Cl.O=C(NCc1cn2c(N3CCNCC3)cccc2n1)C(F)(F)F. The van der Waals surface area contributed by atoms with Crippen molar-refractivity contribution in [1.82, 2.24) is 20.0 Å². The van der Waals surface area contributed by atoms with E-state index in [1.54, 1.807) is 12.3 Å². The van der Waals surface area contributed by atoms with Crippen molar-refractivity contribution in [3.63, 3.8) is 0 Å². The van der Waals surface area contributed by atoms with Crippen LogP contribution >= 0.6 is 24.8 Å². The minimum absolute atomic E-state index is 0. The van der Waals surface area contributed by atoms with E-state index in [0.717, 1.165) is 32.0 Å². The van der Waals surface area contributed by atoms with Gasteiger partial charge in [-0.25, -0.2) is 4.98 Å². The smallest absolute Gasteiger partial charge is 0.355 e. The number of nitrogens with zero attached hydrogens (tertiary/aromatic N) is 3. The van der Waals surface area contributed by atoms with Gasteiger partial charge in [-0.05, 0) is 12.1 Å². The van der Waals surface area contributed by atoms with Gasteiger partial charge in [0, 0.05) is 32.4 Å². The molecule has 0 bridgehead atoms. The lowest BCUT2D eigenvalue weighted by atomic mass is 10.3. The largest absolute Gasteiger partial charge is 0.471 e. The molecular formula is C14H18Cl2F3N5O. The Labute approximate surface area is 154 Å². The Bertz CT molecular complexity index is 716. The first-order valence-electron chi connectivity index (χ1n) is 7.23. The molecule has 6 nitrogen and oxygen atoms in total. The second kappa shape index (κ2) is 8.59. The molecule has 25 heavy (non-hydrogen) atoms. The van der Waals surface area contributed by atoms with E-state index < -0.39 is 12.1 Å². The molecule has 0 saturated carbocycles. The van der Waals surface area contributed by atoms with Crippen molar-refractivity contribution in [2.45, 2.75) is 12.7 Å². The predicted molar refractivity (Wildman–Crippen MR) is 92.7 cm³/mol. The number of rotatable bonds is 3. The van der Waals surface area contributed by atoms with E-state index in [-0.39, 0.29) is 31.4 Å². The molecule has 0 atom stereocenters. The highest BCUT2D eigenvalue weighted by molar-refractivity contribution is 5.85. The monoisotopic (exact) mass is 399 g/mol. The van der Waals surface area contributed by atoms with Crippen molar-refractivity contribution >= 4 is 42.2 Å². The maximum Gasteiger partial charge on any atom is 0.471 e. The third kappa shape index (κ3) is 4.90. The summed E-state index contributed by atoms with van der Waals surface area (Å²) in [6, 6.07) is 5.58. The average Bonchev–Trinajstić information content (AvgIpc) is 2.95. The van der Waals surface area contributed by atoms with E-state index in [4.69, 9.17) is 0 Å². The molecule has 2 N–H and O–H groups in total. The molecule has 0 aliphatic carbocycles. The molecule has 1 aliphatic heterocycles. The molecular weight excluding hydrogens is 382 g/mol. The molecule has 1 saturated heterocycles. The number of carbonyl (C=O) groups excluding carboxylic acids is 1. The van der Waals surface area contributed by atoms with E-state index in [1.165, 1.54) is 0 Å². The Morgan fingerprint density at radius 3 is 2.56 bits per heavy atom. The molecule has 140 valence electrons. The highest BCUT2D eigenvalue weighted by Gasteiger charge is 2.38. The zero-order chi connectivity index (χ0) is 16.4. The van der Waals surface area contributed by atoms with Gasteiger partial charge in [-0.1, -0.05) is 6.07 Å². The first kappa shape index (κ1) is 21.3. The zero-order valence-corrected chi connectivity index (χ0v) is 14.7. The summed E-state index contributed by atoms with van der Waals surface area (Å²) >= 11 is 0. The number of halogens is 5. The number of alkyl halides is 3.